The Balaban J connectivity index is 2.37. The lowest BCUT2D eigenvalue weighted by atomic mass is 9.75. The van der Waals surface area contributed by atoms with Gasteiger partial charge in [0.1, 0.15) is 0 Å². The summed E-state index contributed by atoms with van der Waals surface area (Å²) in [6.45, 7) is 5.44. The maximum absolute atomic E-state index is 5.07. The van der Waals surface area contributed by atoms with Gasteiger partial charge in [0.15, 0.2) is 0 Å². The number of nitrogens with one attached hydrogen (secondary N) is 1. The molecule has 0 aromatic rings. The molecule has 0 aromatic heterocycles. The first kappa shape index (κ1) is 14.9. The highest BCUT2D eigenvalue weighted by Crippen LogP contribution is 2.35. The quantitative estimate of drug-likeness (QED) is 0.692. The summed E-state index contributed by atoms with van der Waals surface area (Å²) in [7, 11) is 6.23. The molecule has 1 aliphatic carbocycles. The molecule has 0 bridgehead atoms. The molecule has 0 saturated heterocycles. The molecular formula is C14H30N2O. The molecule has 1 rings (SSSR count). The summed E-state index contributed by atoms with van der Waals surface area (Å²) >= 11 is 0. The summed E-state index contributed by atoms with van der Waals surface area (Å²) in [6.07, 6.45) is 6.55. The Morgan fingerprint density at radius 3 is 2.76 bits per heavy atom. The van der Waals surface area contributed by atoms with Gasteiger partial charge in [-0.1, -0.05) is 19.8 Å². The number of hydrogen-bond acceptors (Lipinski definition) is 3. The fourth-order valence-electron chi connectivity index (χ4n) is 3.02. The van der Waals surface area contributed by atoms with Gasteiger partial charge in [-0.2, -0.15) is 0 Å². The van der Waals surface area contributed by atoms with Crippen molar-refractivity contribution in [1.82, 2.24) is 10.2 Å². The number of likely N-dealkylation sites (N-methyl/N-ethyl adjacent to an activating group) is 1. The molecule has 1 saturated carbocycles. The highest BCUT2D eigenvalue weighted by molar-refractivity contribution is 4.94. The number of rotatable bonds is 7. The van der Waals surface area contributed by atoms with E-state index >= 15 is 0 Å². The predicted molar refractivity (Wildman–Crippen MR) is 73.4 cm³/mol. The van der Waals surface area contributed by atoms with Crippen molar-refractivity contribution in [3.05, 3.63) is 0 Å². The van der Waals surface area contributed by atoms with E-state index in [1.807, 2.05) is 0 Å². The second-order valence-electron chi connectivity index (χ2n) is 5.84. The first-order valence-corrected chi connectivity index (χ1v) is 6.98. The van der Waals surface area contributed by atoms with Gasteiger partial charge < -0.3 is 15.0 Å². The van der Waals surface area contributed by atoms with Crippen molar-refractivity contribution >= 4 is 0 Å². The van der Waals surface area contributed by atoms with E-state index in [1.54, 1.807) is 7.11 Å². The van der Waals surface area contributed by atoms with Crippen LogP contribution in [-0.4, -0.2) is 51.3 Å². The van der Waals surface area contributed by atoms with Crippen molar-refractivity contribution in [2.75, 3.05) is 40.9 Å². The molecule has 0 spiro atoms. The van der Waals surface area contributed by atoms with Gasteiger partial charge in [0.25, 0.3) is 0 Å². The maximum atomic E-state index is 5.07. The Morgan fingerprint density at radius 1 is 1.41 bits per heavy atom. The van der Waals surface area contributed by atoms with Crippen LogP contribution in [0.3, 0.4) is 0 Å². The van der Waals surface area contributed by atoms with Crippen molar-refractivity contribution in [2.45, 2.75) is 44.6 Å². The van der Waals surface area contributed by atoms with Gasteiger partial charge in [-0.15, -0.1) is 0 Å². The van der Waals surface area contributed by atoms with Crippen LogP contribution in [0.2, 0.25) is 0 Å². The second kappa shape index (κ2) is 7.34. The first-order chi connectivity index (χ1) is 8.10. The molecule has 1 aliphatic rings. The fraction of sp³-hybridized carbons (Fsp3) is 1.00. The van der Waals surface area contributed by atoms with E-state index in [9.17, 15) is 0 Å². The first-order valence-electron chi connectivity index (χ1n) is 6.98. The molecule has 3 nitrogen and oxygen atoms in total. The normalized spacial score (nSPS) is 29.8. The van der Waals surface area contributed by atoms with Crippen molar-refractivity contribution in [3.8, 4) is 0 Å². The van der Waals surface area contributed by atoms with Crippen molar-refractivity contribution in [3.63, 3.8) is 0 Å². The van der Waals surface area contributed by atoms with Crippen LogP contribution in [0, 0.1) is 5.92 Å². The molecular weight excluding hydrogens is 212 g/mol. The molecule has 0 aliphatic heterocycles. The summed E-state index contributed by atoms with van der Waals surface area (Å²) in [5.41, 5.74) is 0.380. The zero-order valence-corrected chi connectivity index (χ0v) is 12.1. The van der Waals surface area contributed by atoms with Crippen LogP contribution >= 0.6 is 0 Å². The number of nitrogens with zero attached hydrogens (tertiary/aromatic N) is 1. The van der Waals surface area contributed by atoms with Crippen LogP contribution in [0.1, 0.15) is 39.0 Å². The Morgan fingerprint density at radius 2 is 2.18 bits per heavy atom. The Bertz CT molecular complexity index is 208. The lowest BCUT2D eigenvalue weighted by molar-refractivity contribution is 0.0746. The van der Waals surface area contributed by atoms with Gasteiger partial charge in [-0.05, 0) is 45.8 Å². The van der Waals surface area contributed by atoms with E-state index in [1.165, 1.54) is 25.7 Å². The maximum Gasteiger partial charge on any atom is 0.0474 e. The number of hydrogen-bond donors (Lipinski definition) is 1. The Kier molecular flexibility index (Phi) is 6.45. The van der Waals surface area contributed by atoms with Gasteiger partial charge in [-0.25, -0.2) is 0 Å². The molecule has 3 heteroatoms. The van der Waals surface area contributed by atoms with Crippen LogP contribution in [0.25, 0.3) is 0 Å². The van der Waals surface area contributed by atoms with Crippen molar-refractivity contribution < 1.29 is 4.74 Å². The van der Waals surface area contributed by atoms with Gasteiger partial charge in [-0.3, -0.25) is 0 Å². The van der Waals surface area contributed by atoms with Crippen LogP contribution in [0.5, 0.6) is 0 Å². The smallest absolute Gasteiger partial charge is 0.0474 e. The highest BCUT2D eigenvalue weighted by Gasteiger charge is 2.36. The van der Waals surface area contributed by atoms with E-state index in [2.05, 4.69) is 31.2 Å². The molecule has 0 amide bonds. The van der Waals surface area contributed by atoms with Crippen LogP contribution in [-0.2, 0) is 4.74 Å². The highest BCUT2D eigenvalue weighted by atomic mass is 16.5. The van der Waals surface area contributed by atoms with Crippen LogP contribution in [0.4, 0.5) is 0 Å². The number of methoxy groups -OCH3 is 1. The third-order valence-electron chi connectivity index (χ3n) is 4.17. The predicted octanol–water partition coefficient (Wildman–Crippen LogP) is 2.12. The van der Waals surface area contributed by atoms with E-state index in [0.717, 1.165) is 32.0 Å². The summed E-state index contributed by atoms with van der Waals surface area (Å²) in [4.78, 5) is 2.44. The van der Waals surface area contributed by atoms with Gasteiger partial charge in [0, 0.05) is 25.8 Å². The average molecular weight is 242 g/mol. The average Bonchev–Trinajstić information content (AvgIpc) is 2.28. The third-order valence-corrected chi connectivity index (χ3v) is 4.17. The minimum absolute atomic E-state index is 0.380. The zero-order valence-electron chi connectivity index (χ0n) is 12.1. The molecule has 2 unspecified atom stereocenters. The molecule has 0 radical (unpaired) electrons. The minimum Gasteiger partial charge on any atom is -0.385 e. The van der Waals surface area contributed by atoms with Crippen LogP contribution < -0.4 is 5.32 Å². The van der Waals surface area contributed by atoms with Crippen LogP contribution in [0.15, 0.2) is 0 Å². The van der Waals surface area contributed by atoms with E-state index in [4.69, 9.17) is 4.74 Å². The largest absolute Gasteiger partial charge is 0.385 e. The standard InChI is InChI=1S/C14H30N2O/c1-13-7-5-8-14(11-13,16(2)3)12-15-9-6-10-17-4/h13,15H,5-12H2,1-4H3. The van der Waals surface area contributed by atoms with Crippen molar-refractivity contribution in [2.24, 2.45) is 5.92 Å². The molecule has 1 N–H and O–H groups in total. The summed E-state index contributed by atoms with van der Waals surface area (Å²) in [5.74, 6) is 0.868. The zero-order chi connectivity index (χ0) is 12.7. The lowest BCUT2D eigenvalue weighted by Crippen LogP contribution is -2.54. The van der Waals surface area contributed by atoms with Crippen molar-refractivity contribution in [1.29, 1.82) is 0 Å². The van der Waals surface area contributed by atoms with Gasteiger partial charge in [0.2, 0.25) is 0 Å². The lowest BCUT2D eigenvalue weighted by Gasteiger charge is -2.45. The monoisotopic (exact) mass is 242 g/mol. The van der Waals surface area contributed by atoms with Gasteiger partial charge >= 0.3 is 0 Å². The molecule has 0 heterocycles. The molecule has 0 aromatic carbocycles. The molecule has 1 fully saturated rings. The molecule has 2 atom stereocenters. The third kappa shape index (κ3) is 4.57. The van der Waals surface area contributed by atoms with E-state index in [0.29, 0.717) is 5.54 Å². The molecule has 102 valence electrons. The SMILES string of the molecule is COCCCNCC1(N(C)C)CCCC(C)C1. The van der Waals surface area contributed by atoms with E-state index < -0.39 is 0 Å². The minimum atomic E-state index is 0.380. The molecule has 17 heavy (non-hydrogen) atoms. The van der Waals surface area contributed by atoms with E-state index in [-0.39, 0.29) is 0 Å². The summed E-state index contributed by atoms with van der Waals surface area (Å²) in [5, 5.41) is 3.61. The summed E-state index contributed by atoms with van der Waals surface area (Å²) < 4.78 is 5.07. The Hall–Kier alpha value is -0.120. The second-order valence-corrected chi connectivity index (χ2v) is 5.84. The fourth-order valence-corrected chi connectivity index (χ4v) is 3.02. The topological polar surface area (TPSA) is 24.5 Å². The summed E-state index contributed by atoms with van der Waals surface area (Å²) in [6, 6.07) is 0. The van der Waals surface area contributed by atoms with Gasteiger partial charge in [0.05, 0.1) is 0 Å². The Labute approximate surface area is 107 Å². The number of ether oxygens (including phenoxy) is 1.